The third-order valence-electron chi connectivity index (χ3n) is 6.72. The quantitative estimate of drug-likeness (QED) is 0.422. The van der Waals surface area contributed by atoms with Gasteiger partial charge in [0.15, 0.2) is 11.4 Å². The number of carbonyl (C=O) groups excluding carboxylic acids is 2. The minimum atomic E-state index is -0.534. The maximum atomic E-state index is 13.4. The Morgan fingerprint density at radius 3 is 2.47 bits per heavy atom. The van der Waals surface area contributed by atoms with Crippen molar-refractivity contribution < 1.29 is 19.4 Å². The SMILES string of the molecule is Cc1nc2c(O)cc(NC(=O)c3ccc(N4CCN(C(=O)OC(C)(C)C)CC4)c4cn(C)nc34)cn2c1C. The summed E-state index contributed by atoms with van der Waals surface area (Å²) in [4.78, 5) is 34.1. The highest BCUT2D eigenvalue weighted by Gasteiger charge is 2.27. The second kappa shape index (κ2) is 9.23. The number of piperazine rings is 1. The molecule has 1 saturated heterocycles. The summed E-state index contributed by atoms with van der Waals surface area (Å²) in [5.74, 6) is -0.342. The monoisotopic (exact) mass is 519 g/mol. The van der Waals surface area contributed by atoms with Crippen LogP contribution in [0, 0.1) is 13.8 Å². The normalized spacial score (nSPS) is 14.4. The molecule has 5 rings (SSSR count). The number of ether oxygens (including phenoxy) is 1. The van der Waals surface area contributed by atoms with Gasteiger partial charge in [0.1, 0.15) is 11.1 Å². The zero-order valence-electron chi connectivity index (χ0n) is 22.6. The molecule has 0 spiro atoms. The second-order valence-electron chi connectivity index (χ2n) is 10.7. The van der Waals surface area contributed by atoms with Crippen molar-refractivity contribution in [2.75, 3.05) is 36.4 Å². The molecule has 38 heavy (non-hydrogen) atoms. The zero-order valence-corrected chi connectivity index (χ0v) is 22.6. The summed E-state index contributed by atoms with van der Waals surface area (Å²) in [7, 11) is 1.82. The van der Waals surface area contributed by atoms with Crippen LogP contribution in [0.15, 0.2) is 30.6 Å². The number of aromatic hydroxyl groups is 1. The number of carbonyl (C=O) groups is 2. The summed E-state index contributed by atoms with van der Waals surface area (Å²) in [6.45, 7) is 11.7. The first kappa shape index (κ1) is 25.4. The molecule has 3 aromatic heterocycles. The van der Waals surface area contributed by atoms with Crippen LogP contribution >= 0.6 is 0 Å². The van der Waals surface area contributed by atoms with Crippen molar-refractivity contribution in [1.82, 2.24) is 24.1 Å². The topological polar surface area (TPSA) is 117 Å². The predicted molar refractivity (Wildman–Crippen MR) is 145 cm³/mol. The average Bonchev–Trinajstić information content (AvgIpc) is 3.37. The first-order valence-electron chi connectivity index (χ1n) is 12.6. The third kappa shape index (κ3) is 4.71. The molecule has 11 heteroatoms. The van der Waals surface area contributed by atoms with Gasteiger partial charge in [-0.25, -0.2) is 9.78 Å². The highest BCUT2D eigenvalue weighted by atomic mass is 16.6. The molecule has 1 aromatic carbocycles. The first-order valence-corrected chi connectivity index (χ1v) is 12.6. The molecule has 0 unspecified atom stereocenters. The summed E-state index contributed by atoms with van der Waals surface area (Å²) in [6.07, 6.45) is 3.34. The lowest BCUT2D eigenvalue weighted by molar-refractivity contribution is 0.0240. The van der Waals surface area contributed by atoms with Crippen molar-refractivity contribution in [2.45, 2.75) is 40.2 Å². The van der Waals surface area contributed by atoms with Gasteiger partial charge in [0.05, 0.1) is 16.9 Å². The van der Waals surface area contributed by atoms with E-state index < -0.39 is 5.60 Å². The van der Waals surface area contributed by atoms with Crippen LogP contribution in [0.1, 0.15) is 42.5 Å². The predicted octanol–water partition coefficient (Wildman–Crippen LogP) is 3.85. The van der Waals surface area contributed by atoms with Gasteiger partial charge in [-0.1, -0.05) is 0 Å². The van der Waals surface area contributed by atoms with Gasteiger partial charge >= 0.3 is 6.09 Å². The minimum absolute atomic E-state index is 0.0112. The van der Waals surface area contributed by atoms with Crippen LogP contribution in [0.5, 0.6) is 5.75 Å². The number of hydrogen-bond donors (Lipinski definition) is 2. The molecule has 2 N–H and O–H groups in total. The molecular weight excluding hydrogens is 486 g/mol. The van der Waals surface area contributed by atoms with E-state index in [0.29, 0.717) is 48.6 Å². The van der Waals surface area contributed by atoms with E-state index in [-0.39, 0.29) is 17.7 Å². The maximum Gasteiger partial charge on any atom is 0.410 e. The number of nitrogens with zero attached hydrogens (tertiary/aromatic N) is 6. The molecule has 1 aliphatic heterocycles. The highest BCUT2D eigenvalue weighted by Crippen LogP contribution is 2.31. The van der Waals surface area contributed by atoms with Gasteiger partial charge in [0.2, 0.25) is 0 Å². The number of nitrogens with one attached hydrogen (secondary N) is 1. The molecule has 200 valence electrons. The van der Waals surface area contributed by atoms with Crippen molar-refractivity contribution in [3.05, 3.63) is 47.5 Å². The number of benzene rings is 1. The molecule has 0 radical (unpaired) electrons. The Kier molecular flexibility index (Phi) is 6.16. The number of hydrogen-bond acceptors (Lipinski definition) is 7. The zero-order chi connectivity index (χ0) is 27.4. The van der Waals surface area contributed by atoms with E-state index in [2.05, 4.69) is 20.3 Å². The molecule has 4 aromatic rings. The van der Waals surface area contributed by atoms with Crippen LogP contribution < -0.4 is 10.2 Å². The molecule has 1 fully saturated rings. The van der Waals surface area contributed by atoms with E-state index in [1.165, 1.54) is 6.07 Å². The molecule has 4 heterocycles. The smallest absolute Gasteiger partial charge is 0.410 e. The van der Waals surface area contributed by atoms with E-state index in [4.69, 9.17) is 4.74 Å². The lowest BCUT2D eigenvalue weighted by atomic mass is 10.1. The van der Waals surface area contributed by atoms with E-state index >= 15 is 0 Å². The standard InChI is InChI=1S/C27H33N7O4/c1-16-17(2)34-14-18(13-22(35)24(34)28-16)29-25(36)19-7-8-21(20-15-31(6)30-23(19)20)32-9-11-33(12-10-32)26(37)38-27(3,4)5/h7-8,13-15,35H,9-12H2,1-6H3,(H,29,36). The lowest BCUT2D eigenvalue weighted by Gasteiger charge is -2.37. The average molecular weight is 520 g/mol. The van der Waals surface area contributed by atoms with Gasteiger partial charge < -0.3 is 25.0 Å². The summed E-state index contributed by atoms with van der Waals surface area (Å²) >= 11 is 0. The lowest BCUT2D eigenvalue weighted by Crippen LogP contribution is -2.50. The largest absolute Gasteiger partial charge is 0.504 e. The van der Waals surface area contributed by atoms with Crippen molar-refractivity contribution in [3.63, 3.8) is 0 Å². The Morgan fingerprint density at radius 2 is 1.79 bits per heavy atom. The molecule has 0 saturated carbocycles. The maximum absolute atomic E-state index is 13.4. The molecule has 1 aliphatic rings. The molecule has 0 aliphatic carbocycles. The molecule has 2 amide bonds. The second-order valence-corrected chi connectivity index (χ2v) is 10.7. The van der Waals surface area contributed by atoms with Crippen molar-refractivity contribution >= 4 is 39.9 Å². The Morgan fingerprint density at radius 1 is 1.08 bits per heavy atom. The Balaban J connectivity index is 1.38. The van der Waals surface area contributed by atoms with Crippen molar-refractivity contribution in [2.24, 2.45) is 7.05 Å². The Bertz CT molecular complexity index is 1560. The van der Waals surface area contributed by atoms with Crippen LogP contribution in [0.4, 0.5) is 16.2 Å². The number of amides is 2. The number of aryl methyl sites for hydroxylation is 3. The fourth-order valence-corrected chi connectivity index (χ4v) is 4.74. The van der Waals surface area contributed by atoms with Gasteiger partial charge in [0, 0.05) is 68.5 Å². The number of anilines is 2. The first-order chi connectivity index (χ1) is 17.9. The fourth-order valence-electron chi connectivity index (χ4n) is 4.74. The van der Waals surface area contributed by atoms with Crippen molar-refractivity contribution in [3.8, 4) is 5.75 Å². The third-order valence-corrected chi connectivity index (χ3v) is 6.72. The van der Waals surface area contributed by atoms with Gasteiger partial charge in [-0.15, -0.1) is 0 Å². The van der Waals surface area contributed by atoms with Crippen LogP contribution in [-0.4, -0.2) is 73.0 Å². The molecule has 0 bridgehead atoms. The van der Waals surface area contributed by atoms with E-state index in [1.54, 1.807) is 26.2 Å². The number of imidazole rings is 1. The summed E-state index contributed by atoms with van der Waals surface area (Å²) < 4.78 is 8.96. The van der Waals surface area contributed by atoms with Crippen LogP contribution in [0.3, 0.4) is 0 Å². The number of fused-ring (bicyclic) bond motifs is 2. The fraction of sp³-hybridized carbons (Fsp3) is 0.407. The highest BCUT2D eigenvalue weighted by molar-refractivity contribution is 6.14. The van der Waals surface area contributed by atoms with E-state index in [0.717, 1.165) is 22.5 Å². The van der Waals surface area contributed by atoms with Crippen LogP contribution in [-0.2, 0) is 11.8 Å². The van der Waals surface area contributed by atoms with E-state index in [1.807, 2.05) is 53.9 Å². The van der Waals surface area contributed by atoms with Gasteiger partial charge in [0.25, 0.3) is 5.91 Å². The minimum Gasteiger partial charge on any atom is -0.504 e. The van der Waals surface area contributed by atoms with Gasteiger partial charge in [-0.05, 0) is 46.8 Å². The van der Waals surface area contributed by atoms with Crippen molar-refractivity contribution in [1.29, 1.82) is 0 Å². The number of pyridine rings is 1. The summed E-state index contributed by atoms with van der Waals surface area (Å²) in [6, 6.07) is 5.19. The molecule has 0 atom stereocenters. The number of aromatic nitrogens is 4. The van der Waals surface area contributed by atoms with E-state index in [9.17, 15) is 14.7 Å². The Hall–Kier alpha value is -4.28. The number of rotatable bonds is 3. The van der Waals surface area contributed by atoms with Gasteiger partial charge in [-0.2, -0.15) is 5.10 Å². The van der Waals surface area contributed by atoms with Gasteiger partial charge in [-0.3, -0.25) is 13.9 Å². The molecule has 11 nitrogen and oxygen atoms in total. The van der Waals surface area contributed by atoms with Crippen LogP contribution in [0.2, 0.25) is 0 Å². The summed E-state index contributed by atoms with van der Waals surface area (Å²) in [5.41, 5.74) is 4.02. The van der Waals surface area contributed by atoms with Crippen LogP contribution in [0.25, 0.3) is 16.6 Å². The molecular formula is C27H33N7O4. The summed E-state index contributed by atoms with van der Waals surface area (Å²) in [5, 5.41) is 18.8. The Labute approximate surface area is 220 Å².